The Morgan fingerprint density at radius 3 is 2.59 bits per heavy atom. The molecule has 0 radical (unpaired) electrons. The molecular formula is C15H26N2. The molecule has 96 valence electrons. The summed E-state index contributed by atoms with van der Waals surface area (Å²) >= 11 is 0. The lowest BCUT2D eigenvalue weighted by Gasteiger charge is -2.11. The Morgan fingerprint density at radius 1 is 1.29 bits per heavy atom. The van der Waals surface area contributed by atoms with Crippen molar-refractivity contribution in [3.63, 3.8) is 0 Å². The third kappa shape index (κ3) is 2.92. The van der Waals surface area contributed by atoms with Crippen LogP contribution in [0.5, 0.6) is 0 Å². The molecule has 0 unspecified atom stereocenters. The van der Waals surface area contributed by atoms with E-state index in [9.17, 15) is 0 Å². The van der Waals surface area contributed by atoms with Gasteiger partial charge in [-0.05, 0) is 57.7 Å². The lowest BCUT2D eigenvalue weighted by Crippen LogP contribution is -2.21. The SMILES string of the molecule is CCn1c(C)cc(CNCC2CCCC2)c1C. The molecule has 1 aliphatic rings. The van der Waals surface area contributed by atoms with E-state index in [2.05, 4.69) is 36.7 Å². The van der Waals surface area contributed by atoms with Gasteiger partial charge in [-0.1, -0.05) is 12.8 Å². The Hall–Kier alpha value is -0.760. The van der Waals surface area contributed by atoms with Gasteiger partial charge in [-0.2, -0.15) is 0 Å². The van der Waals surface area contributed by atoms with Crippen LogP contribution in [0, 0.1) is 19.8 Å². The molecule has 2 nitrogen and oxygen atoms in total. The summed E-state index contributed by atoms with van der Waals surface area (Å²) in [5.74, 6) is 0.935. The second kappa shape index (κ2) is 5.72. The fraction of sp³-hybridized carbons (Fsp3) is 0.733. The summed E-state index contributed by atoms with van der Waals surface area (Å²) in [6, 6.07) is 2.33. The second-order valence-electron chi connectivity index (χ2n) is 5.42. The monoisotopic (exact) mass is 234 g/mol. The molecule has 1 saturated carbocycles. The molecule has 0 bridgehead atoms. The summed E-state index contributed by atoms with van der Waals surface area (Å²) in [5, 5.41) is 3.64. The minimum atomic E-state index is 0.935. The van der Waals surface area contributed by atoms with E-state index in [0.717, 1.165) is 19.0 Å². The molecule has 0 spiro atoms. The topological polar surface area (TPSA) is 17.0 Å². The van der Waals surface area contributed by atoms with E-state index in [4.69, 9.17) is 0 Å². The lowest BCUT2D eigenvalue weighted by molar-refractivity contribution is 0.488. The number of rotatable bonds is 5. The van der Waals surface area contributed by atoms with Gasteiger partial charge >= 0.3 is 0 Å². The highest BCUT2D eigenvalue weighted by Crippen LogP contribution is 2.24. The van der Waals surface area contributed by atoms with Crippen molar-refractivity contribution in [2.45, 2.75) is 59.5 Å². The number of nitrogens with zero attached hydrogens (tertiary/aromatic N) is 1. The molecule has 17 heavy (non-hydrogen) atoms. The lowest BCUT2D eigenvalue weighted by atomic mass is 10.1. The van der Waals surface area contributed by atoms with Crippen molar-refractivity contribution in [3.05, 3.63) is 23.0 Å². The van der Waals surface area contributed by atoms with Gasteiger partial charge in [0.25, 0.3) is 0 Å². The highest BCUT2D eigenvalue weighted by atomic mass is 15.0. The zero-order valence-electron chi connectivity index (χ0n) is 11.6. The maximum Gasteiger partial charge on any atom is 0.0223 e. The third-order valence-corrected chi connectivity index (χ3v) is 4.22. The molecule has 1 aromatic heterocycles. The van der Waals surface area contributed by atoms with Crippen LogP contribution in [0.4, 0.5) is 0 Å². The first-order valence-corrected chi connectivity index (χ1v) is 7.08. The van der Waals surface area contributed by atoms with E-state index < -0.39 is 0 Å². The van der Waals surface area contributed by atoms with Gasteiger partial charge in [0.15, 0.2) is 0 Å². The van der Waals surface area contributed by atoms with Crippen LogP contribution < -0.4 is 5.32 Å². The Morgan fingerprint density at radius 2 is 2.00 bits per heavy atom. The molecule has 1 aliphatic carbocycles. The van der Waals surface area contributed by atoms with Crippen LogP contribution in [0.25, 0.3) is 0 Å². The molecule has 0 saturated heterocycles. The van der Waals surface area contributed by atoms with Crippen molar-refractivity contribution in [1.82, 2.24) is 9.88 Å². The molecule has 0 atom stereocenters. The van der Waals surface area contributed by atoms with Crippen LogP contribution in [-0.4, -0.2) is 11.1 Å². The highest BCUT2D eigenvalue weighted by Gasteiger charge is 2.14. The number of hydrogen-bond acceptors (Lipinski definition) is 1. The summed E-state index contributed by atoms with van der Waals surface area (Å²) < 4.78 is 2.40. The molecule has 1 N–H and O–H groups in total. The van der Waals surface area contributed by atoms with Crippen molar-refractivity contribution in [2.24, 2.45) is 5.92 Å². The molecular weight excluding hydrogens is 208 g/mol. The van der Waals surface area contributed by atoms with E-state index in [-0.39, 0.29) is 0 Å². The van der Waals surface area contributed by atoms with Crippen molar-refractivity contribution < 1.29 is 0 Å². The molecule has 1 heterocycles. The summed E-state index contributed by atoms with van der Waals surface area (Å²) in [5.41, 5.74) is 4.30. The second-order valence-corrected chi connectivity index (χ2v) is 5.42. The first kappa shape index (κ1) is 12.7. The quantitative estimate of drug-likeness (QED) is 0.826. The van der Waals surface area contributed by atoms with Crippen LogP contribution >= 0.6 is 0 Å². The Labute approximate surface area is 105 Å². The standard InChI is InChI=1S/C15H26N2/c1-4-17-12(2)9-15(13(17)3)11-16-10-14-7-5-6-8-14/h9,14,16H,4-8,10-11H2,1-3H3. The van der Waals surface area contributed by atoms with Gasteiger partial charge in [0.1, 0.15) is 0 Å². The van der Waals surface area contributed by atoms with Gasteiger partial charge in [-0.25, -0.2) is 0 Å². The zero-order valence-corrected chi connectivity index (χ0v) is 11.6. The molecule has 2 rings (SSSR count). The normalized spacial score (nSPS) is 16.9. The molecule has 1 aromatic rings. The van der Waals surface area contributed by atoms with Gasteiger partial charge in [0.2, 0.25) is 0 Å². The van der Waals surface area contributed by atoms with Gasteiger partial charge in [0.05, 0.1) is 0 Å². The minimum Gasteiger partial charge on any atom is -0.349 e. The van der Waals surface area contributed by atoms with Gasteiger partial charge in [-0.15, -0.1) is 0 Å². The van der Waals surface area contributed by atoms with Crippen molar-refractivity contribution >= 4 is 0 Å². The van der Waals surface area contributed by atoms with E-state index in [0.29, 0.717) is 0 Å². The summed E-state index contributed by atoms with van der Waals surface area (Å²) in [6.45, 7) is 9.99. The highest BCUT2D eigenvalue weighted by molar-refractivity contribution is 5.26. The number of nitrogens with one attached hydrogen (secondary N) is 1. The van der Waals surface area contributed by atoms with Gasteiger partial charge in [-0.3, -0.25) is 0 Å². The van der Waals surface area contributed by atoms with Crippen LogP contribution in [0.15, 0.2) is 6.07 Å². The van der Waals surface area contributed by atoms with Crippen molar-refractivity contribution in [1.29, 1.82) is 0 Å². The fourth-order valence-electron chi connectivity index (χ4n) is 3.16. The van der Waals surface area contributed by atoms with Gasteiger partial charge < -0.3 is 9.88 Å². The minimum absolute atomic E-state index is 0.935. The number of hydrogen-bond donors (Lipinski definition) is 1. The van der Waals surface area contributed by atoms with E-state index >= 15 is 0 Å². The Balaban J connectivity index is 1.86. The van der Waals surface area contributed by atoms with Crippen LogP contribution in [-0.2, 0) is 13.1 Å². The van der Waals surface area contributed by atoms with E-state index in [1.54, 1.807) is 0 Å². The maximum atomic E-state index is 3.64. The predicted octanol–water partition coefficient (Wildman–Crippen LogP) is 3.40. The molecule has 0 aliphatic heterocycles. The number of aryl methyl sites for hydroxylation is 1. The van der Waals surface area contributed by atoms with Crippen LogP contribution in [0.2, 0.25) is 0 Å². The largest absolute Gasteiger partial charge is 0.349 e. The first-order chi connectivity index (χ1) is 8.22. The van der Waals surface area contributed by atoms with Gasteiger partial charge in [0, 0.05) is 24.5 Å². The Kier molecular flexibility index (Phi) is 4.27. The third-order valence-electron chi connectivity index (χ3n) is 4.22. The fourth-order valence-corrected chi connectivity index (χ4v) is 3.16. The summed E-state index contributed by atoms with van der Waals surface area (Å²) in [7, 11) is 0. The zero-order chi connectivity index (χ0) is 12.3. The molecule has 0 aromatic carbocycles. The van der Waals surface area contributed by atoms with E-state index in [1.807, 2.05) is 0 Å². The van der Waals surface area contributed by atoms with Crippen LogP contribution in [0.1, 0.15) is 49.6 Å². The first-order valence-electron chi connectivity index (χ1n) is 7.08. The maximum absolute atomic E-state index is 3.64. The summed E-state index contributed by atoms with van der Waals surface area (Å²) in [6.07, 6.45) is 5.75. The molecule has 2 heteroatoms. The average Bonchev–Trinajstić information content (AvgIpc) is 2.89. The number of aromatic nitrogens is 1. The molecule has 1 fully saturated rings. The summed E-state index contributed by atoms with van der Waals surface area (Å²) in [4.78, 5) is 0. The van der Waals surface area contributed by atoms with Crippen LogP contribution in [0.3, 0.4) is 0 Å². The average molecular weight is 234 g/mol. The van der Waals surface area contributed by atoms with Crippen molar-refractivity contribution in [3.8, 4) is 0 Å². The van der Waals surface area contributed by atoms with E-state index in [1.165, 1.54) is 49.2 Å². The van der Waals surface area contributed by atoms with Crippen molar-refractivity contribution in [2.75, 3.05) is 6.54 Å². The predicted molar refractivity (Wildman–Crippen MR) is 73.2 cm³/mol. The smallest absolute Gasteiger partial charge is 0.0223 e. The molecule has 0 amide bonds. The Bertz CT molecular complexity index is 359.